The first-order valence-corrected chi connectivity index (χ1v) is 4.98. The highest BCUT2D eigenvalue weighted by Crippen LogP contribution is 2.17. The number of hydrogen-bond acceptors (Lipinski definition) is 3. The first-order valence-electron chi connectivity index (χ1n) is 4.98. The van der Waals surface area contributed by atoms with Gasteiger partial charge in [0.1, 0.15) is 5.69 Å². The Kier molecular flexibility index (Phi) is 3.29. The van der Waals surface area contributed by atoms with Gasteiger partial charge in [0.2, 0.25) is 0 Å². The fraction of sp³-hybridized carbons (Fsp3) is 0.455. The third-order valence-corrected chi connectivity index (χ3v) is 2.38. The molecule has 3 N–H and O–H groups in total. The van der Waals surface area contributed by atoms with E-state index in [1.54, 1.807) is 12.3 Å². The summed E-state index contributed by atoms with van der Waals surface area (Å²) in [5, 5.41) is 3.32. The molecule has 1 amide bonds. The fourth-order valence-electron chi connectivity index (χ4n) is 1.12. The van der Waals surface area contributed by atoms with E-state index in [0.717, 1.165) is 12.1 Å². The average Bonchev–Trinajstić information content (AvgIpc) is 2.17. The highest BCUT2D eigenvalue weighted by molar-refractivity contribution is 5.91. The molecule has 0 aliphatic carbocycles. The van der Waals surface area contributed by atoms with E-state index in [-0.39, 0.29) is 11.2 Å². The lowest BCUT2D eigenvalue weighted by molar-refractivity contribution is 0.0995. The van der Waals surface area contributed by atoms with Crippen molar-refractivity contribution in [3.05, 3.63) is 24.0 Å². The summed E-state index contributed by atoms with van der Waals surface area (Å²) in [6.45, 7) is 6.29. The molecule has 1 rings (SSSR count). The van der Waals surface area contributed by atoms with Crippen LogP contribution in [0.1, 0.15) is 37.7 Å². The molecule has 0 bridgehead atoms. The Balaban J connectivity index is 2.87. The number of hydrogen-bond donors (Lipinski definition) is 2. The molecule has 0 spiro atoms. The highest BCUT2D eigenvalue weighted by atomic mass is 16.1. The molecule has 0 atom stereocenters. The second kappa shape index (κ2) is 4.29. The quantitative estimate of drug-likeness (QED) is 0.790. The minimum Gasteiger partial charge on any atom is -0.380 e. The first-order chi connectivity index (χ1) is 6.94. The van der Waals surface area contributed by atoms with Gasteiger partial charge in [0.25, 0.3) is 5.91 Å². The summed E-state index contributed by atoms with van der Waals surface area (Å²) in [6, 6.07) is 3.49. The summed E-state index contributed by atoms with van der Waals surface area (Å²) in [6.07, 6.45) is 2.56. The number of aromatic nitrogens is 1. The molecule has 0 saturated heterocycles. The number of primary amides is 1. The van der Waals surface area contributed by atoms with Crippen LogP contribution < -0.4 is 11.1 Å². The van der Waals surface area contributed by atoms with Crippen molar-refractivity contribution in [3.63, 3.8) is 0 Å². The Bertz CT molecular complexity index is 361. The van der Waals surface area contributed by atoms with Gasteiger partial charge in [0.05, 0.1) is 0 Å². The number of nitrogens with two attached hydrogens (primary N) is 1. The second-order valence-corrected chi connectivity index (χ2v) is 4.16. The summed E-state index contributed by atoms with van der Waals surface area (Å²) >= 11 is 0. The van der Waals surface area contributed by atoms with Gasteiger partial charge in [-0.15, -0.1) is 0 Å². The molecular formula is C11H17N3O. The van der Waals surface area contributed by atoms with Crippen LogP contribution in [0.5, 0.6) is 0 Å². The lowest BCUT2D eigenvalue weighted by atomic mass is 10.0. The highest BCUT2D eigenvalue weighted by Gasteiger charge is 2.14. The molecule has 1 aromatic heterocycles. The van der Waals surface area contributed by atoms with Crippen molar-refractivity contribution in [2.24, 2.45) is 5.73 Å². The number of anilines is 1. The van der Waals surface area contributed by atoms with Crippen LogP contribution in [0.3, 0.4) is 0 Å². The van der Waals surface area contributed by atoms with Crippen molar-refractivity contribution in [1.29, 1.82) is 0 Å². The summed E-state index contributed by atoms with van der Waals surface area (Å²) in [4.78, 5) is 14.8. The van der Waals surface area contributed by atoms with Gasteiger partial charge in [-0.25, -0.2) is 0 Å². The zero-order valence-electron chi connectivity index (χ0n) is 9.37. The van der Waals surface area contributed by atoms with Crippen molar-refractivity contribution < 1.29 is 4.79 Å². The van der Waals surface area contributed by atoms with Crippen LogP contribution in [-0.2, 0) is 0 Å². The Labute approximate surface area is 89.9 Å². The number of nitrogens with zero attached hydrogens (tertiary/aromatic N) is 1. The van der Waals surface area contributed by atoms with Gasteiger partial charge in [-0.3, -0.25) is 9.78 Å². The van der Waals surface area contributed by atoms with Crippen LogP contribution >= 0.6 is 0 Å². The zero-order valence-corrected chi connectivity index (χ0v) is 9.37. The monoisotopic (exact) mass is 207 g/mol. The number of carbonyl (C=O) groups is 1. The first kappa shape index (κ1) is 11.5. The Morgan fingerprint density at radius 1 is 1.60 bits per heavy atom. The molecule has 0 saturated carbocycles. The third-order valence-electron chi connectivity index (χ3n) is 2.38. The molecule has 0 unspecified atom stereocenters. The van der Waals surface area contributed by atoms with Crippen LogP contribution in [0.25, 0.3) is 0 Å². The molecule has 0 aliphatic heterocycles. The lowest BCUT2D eigenvalue weighted by Gasteiger charge is -2.25. The van der Waals surface area contributed by atoms with Gasteiger partial charge in [0.15, 0.2) is 0 Å². The average molecular weight is 207 g/mol. The van der Waals surface area contributed by atoms with Crippen molar-refractivity contribution >= 4 is 11.6 Å². The Morgan fingerprint density at radius 3 is 2.80 bits per heavy atom. The minimum absolute atomic E-state index is 0.00370. The summed E-state index contributed by atoms with van der Waals surface area (Å²) in [5.74, 6) is -0.507. The molecule has 0 aliphatic rings. The summed E-state index contributed by atoms with van der Waals surface area (Å²) in [7, 11) is 0. The number of nitrogens with one attached hydrogen (secondary N) is 1. The zero-order chi connectivity index (χ0) is 11.5. The van der Waals surface area contributed by atoms with E-state index in [0.29, 0.717) is 0 Å². The van der Waals surface area contributed by atoms with E-state index in [1.807, 2.05) is 6.07 Å². The maximum Gasteiger partial charge on any atom is 0.267 e. The van der Waals surface area contributed by atoms with E-state index in [4.69, 9.17) is 5.73 Å². The van der Waals surface area contributed by atoms with E-state index in [1.165, 1.54) is 0 Å². The Morgan fingerprint density at radius 2 is 2.27 bits per heavy atom. The van der Waals surface area contributed by atoms with Crippen LogP contribution in [0.2, 0.25) is 0 Å². The Hall–Kier alpha value is -1.58. The van der Waals surface area contributed by atoms with Gasteiger partial charge < -0.3 is 11.1 Å². The SMILES string of the molecule is CCC(C)(C)Nc1ccnc(C(N)=O)c1. The van der Waals surface area contributed by atoms with E-state index >= 15 is 0 Å². The molecule has 0 aromatic carbocycles. The second-order valence-electron chi connectivity index (χ2n) is 4.16. The topological polar surface area (TPSA) is 68.0 Å². The van der Waals surface area contributed by atoms with Gasteiger partial charge in [-0.1, -0.05) is 6.92 Å². The molecule has 0 radical (unpaired) electrons. The van der Waals surface area contributed by atoms with Crippen molar-refractivity contribution in [1.82, 2.24) is 4.98 Å². The lowest BCUT2D eigenvalue weighted by Crippen LogP contribution is -2.29. The van der Waals surface area contributed by atoms with Crippen molar-refractivity contribution in [2.45, 2.75) is 32.7 Å². The number of rotatable bonds is 4. The fourth-order valence-corrected chi connectivity index (χ4v) is 1.12. The largest absolute Gasteiger partial charge is 0.380 e. The molecule has 82 valence electrons. The maximum atomic E-state index is 10.9. The van der Waals surface area contributed by atoms with Crippen molar-refractivity contribution in [2.75, 3.05) is 5.32 Å². The normalized spacial score (nSPS) is 11.1. The van der Waals surface area contributed by atoms with E-state index in [2.05, 4.69) is 31.1 Å². The number of pyridine rings is 1. The van der Waals surface area contributed by atoms with Crippen LogP contribution in [0.4, 0.5) is 5.69 Å². The molecule has 4 nitrogen and oxygen atoms in total. The van der Waals surface area contributed by atoms with E-state index in [9.17, 15) is 4.79 Å². The van der Waals surface area contributed by atoms with Gasteiger partial charge in [0, 0.05) is 17.4 Å². The molecule has 15 heavy (non-hydrogen) atoms. The molecule has 1 aromatic rings. The smallest absolute Gasteiger partial charge is 0.267 e. The van der Waals surface area contributed by atoms with Crippen molar-refractivity contribution in [3.8, 4) is 0 Å². The molecule has 4 heteroatoms. The molecule has 0 fully saturated rings. The molecular weight excluding hydrogens is 190 g/mol. The van der Waals surface area contributed by atoms with Gasteiger partial charge in [-0.2, -0.15) is 0 Å². The minimum atomic E-state index is -0.507. The maximum absolute atomic E-state index is 10.9. The standard InChI is InChI=1S/C11H17N3O/c1-4-11(2,3)14-8-5-6-13-9(7-8)10(12)15/h5-7H,4H2,1-3H3,(H2,12,15)(H,13,14). The van der Waals surface area contributed by atoms with E-state index < -0.39 is 5.91 Å². The third kappa shape index (κ3) is 3.23. The van der Waals surface area contributed by atoms with Crippen LogP contribution in [0, 0.1) is 0 Å². The summed E-state index contributed by atoms with van der Waals surface area (Å²) in [5.41, 5.74) is 6.30. The number of carbonyl (C=O) groups excluding carboxylic acids is 1. The van der Waals surface area contributed by atoms with Gasteiger partial charge >= 0.3 is 0 Å². The number of amides is 1. The molecule has 1 heterocycles. The van der Waals surface area contributed by atoms with Crippen LogP contribution in [-0.4, -0.2) is 16.4 Å². The van der Waals surface area contributed by atoms with Gasteiger partial charge in [-0.05, 0) is 32.4 Å². The predicted octanol–water partition coefficient (Wildman–Crippen LogP) is 1.78. The predicted molar refractivity (Wildman–Crippen MR) is 60.7 cm³/mol. The summed E-state index contributed by atoms with van der Waals surface area (Å²) < 4.78 is 0. The van der Waals surface area contributed by atoms with Crippen LogP contribution in [0.15, 0.2) is 18.3 Å².